The molecule has 12 heavy (non-hydrogen) atoms. The highest BCUT2D eigenvalue weighted by Gasteiger charge is 2.05. The average Bonchev–Trinajstić information content (AvgIpc) is 2.16. The van der Waals surface area contributed by atoms with Gasteiger partial charge in [-0.15, -0.1) is 0 Å². The van der Waals surface area contributed by atoms with E-state index >= 15 is 0 Å². The van der Waals surface area contributed by atoms with Crippen molar-refractivity contribution in [1.82, 2.24) is 0 Å². The molecule has 0 radical (unpaired) electrons. The Hall–Kier alpha value is -1.44. The third kappa shape index (κ3) is 1.59. The van der Waals surface area contributed by atoms with Crippen molar-refractivity contribution in [2.75, 3.05) is 7.05 Å². The van der Waals surface area contributed by atoms with Crippen LogP contribution in [0.2, 0.25) is 0 Å². The van der Waals surface area contributed by atoms with Crippen molar-refractivity contribution in [3.63, 3.8) is 0 Å². The number of aliphatic imine (C=N–C) groups is 2. The van der Waals surface area contributed by atoms with Crippen LogP contribution in [0.1, 0.15) is 6.92 Å². The molecule has 62 valence electrons. The first-order valence-corrected chi connectivity index (χ1v) is 3.79. The van der Waals surface area contributed by atoms with E-state index in [1.54, 1.807) is 19.5 Å². The standard InChI is InChI=1S/C10H12N2/c1-4-8(2)9-7-12-6-5-10(9)11-3/h4-7H,1H2,2-3H3/b9-8-,11-10?. The van der Waals surface area contributed by atoms with Gasteiger partial charge in [0.1, 0.15) is 0 Å². The second-order valence-corrected chi connectivity index (χ2v) is 2.50. The lowest BCUT2D eigenvalue weighted by molar-refractivity contribution is 1.40. The lowest BCUT2D eigenvalue weighted by Crippen LogP contribution is -2.05. The quantitative estimate of drug-likeness (QED) is 0.561. The highest BCUT2D eigenvalue weighted by atomic mass is 14.7. The second-order valence-electron chi connectivity index (χ2n) is 2.50. The Morgan fingerprint density at radius 3 is 3.00 bits per heavy atom. The maximum absolute atomic E-state index is 4.13. The van der Waals surface area contributed by atoms with Gasteiger partial charge in [-0.1, -0.05) is 12.7 Å². The average molecular weight is 160 g/mol. The number of rotatable bonds is 1. The van der Waals surface area contributed by atoms with E-state index in [9.17, 15) is 0 Å². The lowest BCUT2D eigenvalue weighted by atomic mass is 10.0. The maximum Gasteiger partial charge on any atom is 0.0676 e. The van der Waals surface area contributed by atoms with Crippen LogP contribution in [0, 0.1) is 0 Å². The first-order valence-electron chi connectivity index (χ1n) is 3.79. The molecule has 0 N–H and O–H groups in total. The number of hydrogen-bond acceptors (Lipinski definition) is 2. The third-order valence-corrected chi connectivity index (χ3v) is 1.77. The van der Waals surface area contributed by atoms with Crippen LogP contribution in [0.15, 0.2) is 46.1 Å². The van der Waals surface area contributed by atoms with Crippen LogP contribution in [0.4, 0.5) is 0 Å². The molecular formula is C10H12N2. The zero-order valence-corrected chi connectivity index (χ0v) is 7.41. The summed E-state index contributed by atoms with van der Waals surface area (Å²) in [4.78, 5) is 8.16. The van der Waals surface area contributed by atoms with Crippen molar-refractivity contribution in [3.05, 3.63) is 36.1 Å². The fourth-order valence-corrected chi connectivity index (χ4v) is 0.996. The van der Waals surface area contributed by atoms with E-state index in [-0.39, 0.29) is 0 Å². The first kappa shape index (κ1) is 8.65. The minimum absolute atomic E-state index is 0.961. The Balaban J connectivity index is 3.14. The van der Waals surface area contributed by atoms with Crippen LogP contribution in [0.25, 0.3) is 0 Å². The molecule has 1 rings (SSSR count). The molecule has 0 spiro atoms. The van der Waals surface area contributed by atoms with Crippen molar-refractivity contribution in [2.45, 2.75) is 6.92 Å². The molecule has 0 aromatic heterocycles. The summed E-state index contributed by atoms with van der Waals surface area (Å²) >= 11 is 0. The summed E-state index contributed by atoms with van der Waals surface area (Å²) < 4.78 is 0. The molecule has 0 bridgehead atoms. The van der Waals surface area contributed by atoms with Gasteiger partial charge < -0.3 is 0 Å². The predicted octanol–water partition coefficient (Wildman–Crippen LogP) is 2.16. The first-order chi connectivity index (χ1) is 5.79. The topological polar surface area (TPSA) is 24.7 Å². The van der Waals surface area contributed by atoms with Crippen LogP contribution >= 0.6 is 0 Å². The number of hydrogen-bond donors (Lipinski definition) is 0. The summed E-state index contributed by atoms with van der Waals surface area (Å²) in [5.74, 6) is 0. The van der Waals surface area contributed by atoms with Crippen molar-refractivity contribution >= 4 is 11.9 Å². The van der Waals surface area contributed by atoms with Gasteiger partial charge in [0, 0.05) is 25.0 Å². The molecule has 0 aliphatic carbocycles. The Morgan fingerprint density at radius 1 is 1.67 bits per heavy atom. The van der Waals surface area contributed by atoms with Gasteiger partial charge in [0.25, 0.3) is 0 Å². The van der Waals surface area contributed by atoms with Crippen molar-refractivity contribution < 1.29 is 0 Å². The normalized spacial score (nSPS) is 23.0. The van der Waals surface area contributed by atoms with Crippen molar-refractivity contribution in [3.8, 4) is 0 Å². The van der Waals surface area contributed by atoms with Gasteiger partial charge in [-0.05, 0) is 18.6 Å². The van der Waals surface area contributed by atoms with E-state index in [0.717, 1.165) is 16.9 Å². The Labute approximate surface area is 72.7 Å². The summed E-state index contributed by atoms with van der Waals surface area (Å²) in [6, 6.07) is 0. The Bertz CT molecular complexity index is 304. The molecule has 2 heteroatoms. The molecule has 1 aliphatic rings. The summed E-state index contributed by atoms with van der Waals surface area (Å²) in [7, 11) is 1.77. The molecule has 1 aliphatic heterocycles. The minimum atomic E-state index is 0.961. The highest BCUT2D eigenvalue weighted by molar-refractivity contribution is 6.23. The van der Waals surface area contributed by atoms with Gasteiger partial charge in [0.15, 0.2) is 0 Å². The lowest BCUT2D eigenvalue weighted by Gasteiger charge is -2.06. The smallest absolute Gasteiger partial charge is 0.0676 e. The van der Waals surface area contributed by atoms with E-state index in [1.807, 2.05) is 19.1 Å². The van der Waals surface area contributed by atoms with Crippen LogP contribution < -0.4 is 0 Å². The fourth-order valence-electron chi connectivity index (χ4n) is 0.996. The fraction of sp³-hybridized carbons (Fsp3) is 0.200. The van der Waals surface area contributed by atoms with Gasteiger partial charge >= 0.3 is 0 Å². The Kier molecular flexibility index (Phi) is 2.75. The zero-order valence-electron chi connectivity index (χ0n) is 7.41. The molecule has 2 nitrogen and oxygen atoms in total. The van der Waals surface area contributed by atoms with Gasteiger partial charge in [-0.2, -0.15) is 0 Å². The molecular weight excluding hydrogens is 148 g/mol. The minimum Gasteiger partial charge on any atom is -0.288 e. The highest BCUT2D eigenvalue weighted by Crippen LogP contribution is 2.09. The van der Waals surface area contributed by atoms with Crippen molar-refractivity contribution in [1.29, 1.82) is 0 Å². The van der Waals surface area contributed by atoms with Crippen LogP contribution in [-0.4, -0.2) is 19.0 Å². The van der Waals surface area contributed by atoms with Gasteiger partial charge in [0.05, 0.1) is 5.71 Å². The van der Waals surface area contributed by atoms with Gasteiger partial charge in [-0.3, -0.25) is 9.98 Å². The predicted molar refractivity (Wildman–Crippen MR) is 53.9 cm³/mol. The van der Waals surface area contributed by atoms with E-state index in [4.69, 9.17) is 0 Å². The molecule has 1 heterocycles. The molecule has 0 aromatic rings. The number of nitrogens with zero attached hydrogens (tertiary/aromatic N) is 2. The zero-order chi connectivity index (χ0) is 8.97. The molecule has 0 saturated heterocycles. The van der Waals surface area contributed by atoms with Crippen LogP contribution in [0.5, 0.6) is 0 Å². The molecule has 0 saturated carbocycles. The molecule has 0 unspecified atom stereocenters. The van der Waals surface area contributed by atoms with Gasteiger partial charge in [0.2, 0.25) is 0 Å². The summed E-state index contributed by atoms with van der Waals surface area (Å²) in [6.07, 6.45) is 7.25. The molecule has 0 fully saturated rings. The summed E-state index contributed by atoms with van der Waals surface area (Å²) in [5, 5.41) is 0. The Morgan fingerprint density at radius 2 is 2.42 bits per heavy atom. The van der Waals surface area contributed by atoms with E-state index in [1.165, 1.54) is 0 Å². The number of allylic oxidation sites excluding steroid dienone is 4. The van der Waals surface area contributed by atoms with E-state index < -0.39 is 0 Å². The third-order valence-electron chi connectivity index (χ3n) is 1.77. The van der Waals surface area contributed by atoms with Crippen LogP contribution in [-0.2, 0) is 0 Å². The SMILES string of the molecule is C=C/C(C)=C1/C=NC=CC1=NC. The van der Waals surface area contributed by atoms with Crippen molar-refractivity contribution in [2.24, 2.45) is 9.98 Å². The largest absolute Gasteiger partial charge is 0.288 e. The van der Waals surface area contributed by atoms with E-state index in [2.05, 4.69) is 16.6 Å². The van der Waals surface area contributed by atoms with E-state index in [0.29, 0.717) is 0 Å². The van der Waals surface area contributed by atoms with Gasteiger partial charge in [-0.25, -0.2) is 0 Å². The maximum atomic E-state index is 4.13. The molecule has 0 atom stereocenters. The molecule has 0 amide bonds. The summed E-state index contributed by atoms with van der Waals surface area (Å²) in [5.41, 5.74) is 3.11. The second kappa shape index (κ2) is 3.81. The summed E-state index contributed by atoms with van der Waals surface area (Å²) in [6.45, 7) is 5.70. The molecule has 0 aromatic carbocycles. The monoisotopic (exact) mass is 160 g/mol. The van der Waals surface area contributed by atoms with Crippen LogP contribution in [0.3, 0.4) is 0 Å².